The first-order chi connectivity index (χ1) is 9.30. The number of rotatable bonds is 8. The van der Waals surface area contributed by atoms with E-state index >= 15 is 0 Å². The maximum atomic E-state index is 5.91. The maximum Gasteiger partial charge on any atom is 0.0661 e. The quantitative estimate of drug-likeness (QED) is 0.730. The molecule has 2 unspecified atom stereocenters. The molecule has 3 fully saturated rings. The lowest BCUT2D eigenvalue weighted by Crippen LogP contribution is -2.67. The summed E-state index contributed by atoms with van der Waals surface area (Å²) in [6, 6.07) is 1.64. The highest BCUT2D eigenvalue weighted by Crippen LogP contribution is 2.57. The molecule has 2 atom stereocenters. The largest absolute Gasteiger partial charge is 0.378 e. The van der Waals surface area contributed by atoms with Crippen LogP contribution in [0.3, 0.4) is 0 Å². The molecule has 3 heteroatoms. The summed E-state index contributed by atoms with van der Waals surface area (Å²) in [7, 11) is 0. The molecule has 0 aromatic heterocycles. The van der Waals surface area contributed by atoms with Crippen molar-refractivity contribution in [3.05, 3.63) is 0 Å². The second-order valence-electron chi connectivity index (χ2n) is 6.63. The number of nitrogens with one attached hydrogen (secondary N) is 1. The molecule has 3 rings (SSSR count). The van der Waals surface area contributed by atoms with E-state index in [2.05, 4.69) is 24.1 Å². The molecule has 0 bridgehead atoms. The molecule has 0 amide bonds. The van der Waals surface area contributed by atoms with E-state index in [0.29, 0.717) is 11.5 Å². The molecule has 1 N–H and O–H groups in total. The summed E-state index contributed by atoms with van der Waals surface area (Å²) < 4.78 is 5.91. The van der Waals surface area contributed by atoms with Gasteiger partial charge in [-0.15, -0.1) is 0 Å². The fourth-order valence-electron chi connectivity index (χ4n) is 4.15. The van der Waals surface area contributed by atoms with Gasteiger partial charge in [-0.1, -0.05) is 13.3 Å². The Morgan fingerprint density at radius 2 is 2.05 bits per heavy atom. The topological polar surface area (TPSA) is 24.5 Å². The molecule has 19 heavy (non-hydrogen) atoms. The lowest BCUT2D eigenvalue weighted by Gasteiger charge is -2.61. The molecule has 3 saturated carbocycles. The summed E-state index contributed by atoms with van der Waals surface area (Å²) in [5.41, 5.74) is 0.520. The van der Waals surface area contributed by atoms with Gasteiger partial charge in [-0.25, -0.2) is 0 Å². The number of likely N-dealkylation sites (N-methyl/N-ethyl adjacent to an activating group) is 1. The summed E-state index contributed by atoms with van der Waals surface area (Å²) in [4.78, 5) is 2.64. The van der Waals surface area contributed by atoms with Crippen molar-refractivity contribution in [2.75, 3.05) is 26.2 Å². The predicted molar refractivity (Wildman–Crippen MR) is 78.4 cm³/mol. The zero-order chi connectivity index (χ0) is 13.3. The van der Waals surface area contributed by atoms with Crippen LogP contribution in [0.1, 0.15) is 52.4 Å². The van der Waals surface area contributed by atoms with E-state index < -0.39 is 0 Å². The van der Waals surface area contributed by atoms with Crippen molar-refractivity contribution in [1.29, 1.82) is 0 Å². The number of hydrogen-bond donors (Lipinski definition) is 1. The van der Waals surface area contributed by atoms with Gasteiger partial charge in [-0.05, 0) is 45.6 Å². The summed E-state index contributed by atoms with van der Waals surface area (Å²) in [5.74, 6) is 0. The number of ether oxygens (including phenoxy) is 1. The van der Waals surface area contributed by atoms with Gasteiger partial charge >= 0.3 is 0 Å². The van der Waals surface area contributed by atoms with Crippen LogP contribution < -0.4 is 5.32 Å². The Labute approximate surface area is 118 Å². The zero-order valence-corrected chi connectivity index (χ0v) is 12.7. The molecule has 0 radical (unpaired) electrons. The van der Waals surface area contributed by atoms with Crippen molar-refractivity contribution in [2.45, 2.75) is 70.6 Å². The summed E-state index contributed by atoms with van der Waals surface area (Å²) >= 11 is 0. The normalized spacial score (nSPS) is 32.4. The van der Waals surface area contributed by atoms with Crippen molar-refractivity contribution in [1.82, 2.24) is 10.2 Å². The standard InChI is InChI=1S/C16H30N2O/c1-3-18(13-6-7-13)11-10-17-14-12-15(19-4-2)16(14)8-5-9-16/h13-15,17H,3-12H2,1-2H3. The van der Waals surface area contributed by atoms with E-state index in [4.69, 9.17) is 4.74 Å². The molecule has 3 nitrogen and oxygen atoms in total. The van der Waals surface area contributed by atoms with E-state index in [0.717, 1.165) is 25.2 Å². The lowest BCUT2D eigenvalue weighted by molar-refractivity contribution is -0.172. The Balaban J connectivity index is 1.41. The highest BCUT2D eigenvalue weighted by atomic mass is 16.5. The van der Waals surface area contributed by atoms with Crippen LogP contribution in [0.25, 0.3) is 0 Å². The predicted octanol–water partition coefficient (Wildman–Crippen LogP) is 2.41. The second-order valence-corrected chi connectivity index (χ2v) is 6.63. The van der Waals surface area contributed by atoms with Crippen molar-refractivity contribution in [3.63, 3.8) is 0 Å². The third-order valence-corrected chi connectivity index (χ3v) is 5.70. The van der Waals surface area contributed by atoms with Crippen LogP contribution in [-0.2, 0) is 4.74 Å². The Morgan fingerprint density at radius 3 is 2.58 bits per heavy atom. The third kappa shape index (κ3) is 2.57. The van der Waals surface area contributed by atoms with Crippen molar-refractivity contribution in [3.8, 4) is 0 Å². The van der Waals surface area contributed by atoms with Gasteiger partial charge in [-0.3, -0.25) is 4.90 Å². The highest BCUT2D eigenvalue weighted by Gasteiger charge is 2.58. The zero-order valence-electron chi connectivity index (χ0n) is 12.7. The minimum absolute atomic E-state index is 0.520. The van der Waals surface area contributed by atoms with Crippen molar-refractivity contribution < 1.29 is 4.74 Å². The average Bonchev–Trinajstić information content (AvgIpc) is 3.14. The lowest BCUT2D eigenvalue weighted by atomic mass is 9.51. The maximum absolute atomic E-state index is 5.91. The van der Waals surface area contributed by atoms with E-state index in [1.165, 1.54) is 51.6 Å². The second kappa shape index (κ2) is 5.71. The minimum Gasteiger partial charge on any atom is -0.378 e. The summed E-state index contributed by atoms with van der Waals surface area (Å²) in [5, 5.41) is 3.83. The summed E-state index contributed by atoms with van der Waals surface area (Å²) in [6.45, 7) is 8.90. The Bertz CT molecular complexity index is 299. The average molecular weight is 266 g/mol. The van der Waals surface area contributed by atoms with Gasteiger partial charge < -0.3 is 10.1 Å². The molecule has 110 valence electrons. The van der Waals surface area contributed by atoms with E-state index in [9.17, 15) is 0 Å². The summed E-state index contributed by atoms with van der Waals surface area (Å²) in [6.07, 6.45) is 8.81. The van der Waals surface area contributed by atoms with E-state index in [-0.39, 0.29) is 0 Å². The fraction of sp³-hybridized carbons (Fsp3) is 1.00. The molecule has 3 aliphatic rings. The van der Waals surface area contributed by atoms with Crippen molar-refractivity contribution in [2.24, 2.45) is 5.41 Å². The molecule has 0 saturated heterocycles. The minimum atomic E-state index is 0.520. The van der Waals surface area contributed by atoms with Crippen LogP contribution in [0.5, 0.6) is 0 Å². The monoisotopic (exact) mass is 266 g/mol. The van der Waals surface area contributed by atoms with Gasteiger partial charge in [0.25, 0.3) is 0 Å². The van der Waals surface area contributed by atoms with Crippen LogP contribution in [0, 0.1) is 5.41 Å². The van der Waals surface area contributed by atoms with Gasteiger partial charge in [-0.2, -0.15) is 0 Å². The molecule has 0 aromatic rings. The van der Waals surface area contributed by atoms with Gasteiger partial charge in [0.2, 0.25) is 0 Å². The van der Waals surface area contributed by atoms with Crippen LogP contribution in [0.15, 0.2) is 0 Å². The smallest absolute Gasteiger partial charge is 0.0661 e. The molecule has 0 aromatic carbocycles. The van der Waals surface area contributed by atoms with Crippen LogP contribution in [-0.4, -0.2) is 49.3 Å². The molecule has 0 aliphatic heterocycles. The van der Waals surface area contributed by atoms with Crippen LogP contribution in [0.2, 0.25) is 0 Å². The van der Waals surface area contributed by atoms with Gasteiger partial charge in [0.15, 0.2) is 0 Å². The number of nitrogens with zero attached hydrogens (tertiary/aromatic N) is 1. The first-order valence-corrected chi connectivity index (χ1v) is 8.39. The highest BCUT2D eigenvalue weighted by molar-refractivity contribution is 5.12. The third-order valence-electron chi connectivity index (χ3n) is 5.70. The van der Waals surface area contributed by atoms with Gasteiger partial charge in [0, 0.05) is 37.2 Å². The van der Waals surface area contributed by atoms with E-state index in [1.807, 2.05) is 0 Å². The van der Waals surface area contributed by atoms with Crippen molar-refractivity contribution >= 4 is 0 Å². The fourth-order valence-corrected chi connectivity index (χ4v) is 4.15. The van der Waals surface area contributed by atoms with E-state index in [1.54, 1.807) is 0 Å². The van der Waals surface area contributed by atoms with Crippen LogP contribution in [0.4, 0.5) is 0 Å². The molecule has 0 heterocycles. The Hall–Kier alpha value is -0.120. The van der Waals surface area contributed by atoms with Crippen LogP contribution >= 0.6 is 0 Å². The first kappa shape index (κ1) is 13.8. The number of hydrogen-bond acceptors (Lipinski definition) is 3. The molecular formula is C16H30N2O. The molecule has 3 aliphatic carbocycles. The first-order valence-electron chi connectivity index (χ1n) is 8.39. The Kier molecular flexibility index (Phi) is 4.16. The Morgan fingerprint density at radius 1 is 1.26 bits per heavy atom. The SMILES string of the molecule is CCOC1CC(NCCN(CC)C2CC2)C12CCC2. The van der Waals surface area contributed by atoms with Gasteiger partial charge in [0.05, 0.1) is 6.10 Å². The molecular weight excluding hydrogens is 236 g/mol. The molecule has 1 spiro atoms. The van der Waals surface area contributed by atoms with Gasteiger partial charge in [0.1, 0.15) is 0 Å².